The summed E-state index contributed by atoms with van der Waals surface area (Å²) in [6.45, 7) is 2.71. The Balaban J connectivity index is 1.98. The molecule has 0 spiro atoms. The highest BCUT2D eigenvalue weighted by Gasteiger charge is 2.40. The van der Waals surface area contributed by atoms with E-state index in [0.29, 0.717) is 6.61 Å². The summed E-state index contributed by atoms with van der Waals surface area (Å²) < 4.78 is 10.9. The zero-order chi connectivity index (χ0) is 15.5. The first kappa shape index (κ1) is 18.8. The van der Waals surface area contributed by atoms with Crippen molar-refractivity contribution in [2.45, 2.75) is 82.7 Å². The summed E-state index contributed by atoms with van der Waals surface area (Å²) in [6, 6.07) is 0. The zero-order valence-electron chi connectivity index (χ0n) is 13.2. The summed E-state index contributed by atoms with van der Waals surface area (Å²) in [6.07, 6.45) is 6.93. The Morgan fingerprint density at radius 3 is 2.33 bits per heavy atom. The first-order valence-corrected chi connectivity index (χ1v) is 8.40. The average Bonchev–Trinajstić information content (AvgIpc) is 2.86. The van der Waals surface area contributed by atoms with Crippen LogP contribution in [0.2, 0.25) is 0 Å². The molecule has 21 heavy (non-hydrogen) atoms. The summed E-state index contributed by atoms with van der Waals surface area (Å²) >= 11 is 0. The number of unbranched alkanes of at least 4 members (excludes halogenated alkanes) is 7. The second-order valence-corrected chi connectivity index (χ2v) is 5.92. The fourth-order valence-electron chi connectivity index (χ4n) is 2.67. The van der Waals surface area contributed by atoms with Gasteiger partial charge in [0.1, 0.15) is 24.4 Å². The van der Waals surface area contributed by atoms with Crippen LogP contribution in [-0.2, 0) is 9.47 Å². The van der Waals surface area contributed by atoms with Gasteiger partial charge in [-0.1, -0.05) is 51.9 Å². The van der Waals surface area contributed by atoms with Crippen LogP contribution in [0.1, 0.15) is 58.3 Å². The molecule has 0 aromatic rings. The third kappa shape index (κ3) is 7.06. The number of ether oxygens (including phenoxy) is 2. The Hall–Kier alpha value is -0.200. The van der Waals surface area contributed by atoms with Crippen LogP contribution in [0.5, 0.6) is 0 Å². The van der Waals surface area contributed by atoms with E-state index in [2.05, 4.69) is 6.92 Å². The molecule has 1 heterocycles. The van der Waals surface area contributed by atoms with Crippen LogP contribution in [-0.4, -0.2) is 59.6 Å². The van der Waals surface area contributed by atoms with Crippen molar-refractivity contribution in [2.24, 2.45) is 0 Å². The molecule has 1 fully saturated rings. The fourth-order valence-corrected chi connectivity index (χ4v) is 2.67. The molecule has 0 unspecified atom stereocenters. The maximum Gasteiger partial charge on any atom is 0.114 e. The lowest BCUT2D eigenvalue weighted by molar-refractivity contribution is -0.0730. The van der Waals surface area contributed by atoms with E-state index in [9.17, 15) is 10.2 Å². The Morgan fingerprint density at radius 2 is 1.71 bits per heavy atom. The minimum Gasteiger partial charge on any atom is -0.394 e. The third-order valence-electron chi connectivity index (χ3n) is 4.07. The molecule has 1 aliphatic rings. The van der Waals surface area contributed by atoms with Crippen LogP contribution in [0, 0.1) is 0 Å². The molecular formula is C16H32O5. The smallest absolute Gasteiger partial charge is 0.114 e. The lowest BCUT2D eigenvalue weighted by Crippen LogP contribution is -2.41. The predicted molar refractivity (Wildman–Crippen MR) is 81.2 cm³/mol. The zero-order valence-corrected chi connectivity index (χ0v) is 13.2. The Bertz CT molecular complexity index is 249. The van der Waals surface area contributed by atoms with Crippen molar-refractivity contribution in [3.8, 4) is 0 Å². The van der Waals surface area contributed by atoms with Crippen molar-refractivity contribution < 1.29 is 24.8 Å². The summed E-state index contributed by atoms with van der Waals surface area (Å²) in [5.74, 6) is 0. The van der Waals surface area contributed by atoms with Gasteiger partial charge >= 0.3 is 0 Å². The molecular weight excluding hydrogens is 272 g/mol. The minimum absolute atomic E-state index is 0.278. The van der Waals surface area contributed by atoms with Crippen molar-refractivity contribution in [1.29, 1.82) is 0 Å². The van der Waals surface area contributed by atoms with Crippen LogP contribution in [0.15, 0.2) is 0 Å². The number of aliphatic hydroxyl groups is 3. The summed E-state index contributed by atoms with van der Waals surface area (Å²) in [5.41, 5.74) is 0. The van der Waals surface area contributed by atoms with Crippen LogP contribution in [0.3, 0.4) is 0 Å². The fraction of sp³-hybridized carbons (Fsp3) is 1.00. The van der Waals surface area contributed by atoms with Gasteiger partial charge in [0.2, 0.25) is 0 Å². The molecule has 0 bridgehead atoms. The predicted octanol–water partition coefficient (Wildman–Crippen LogP) is 1.63. The number of hydrogen-bond acceptors (Lipinski definition) is 5. The average molecular weight is 304 g/mol. The van der Waals surface area contributed by atoms with Gasteiger partial charge < -0.3 is 24.8 Å². The van der Waals surface area contributed by atoms with E-state index < -0.39 is 24.9 Å². The highest BCUT2D eigenvalue weighted by Crippen LogP contribution is 2.20. The van der Waals surface area contributed by atoms with Gasteiger partial charge in [-0.15, -0.1) is 0 Å². The first-order chi connectivity index (χ1) is 10.2. The molecule has 1 rings (SSSR count). The summed E-state index contributed by atoms with van der Waals surface area (Å²) in [5, 5.41) is 28.3. The van der Waals surface area contributed by atoms with Gasteiger partial charge in [-0.2, -0.15) is 0 Å². The Labute approximate surface area is 128 Å². The molecule has 0 aliphatic carbocycles. The van der Waals surface area contributed by atoms with E-state index >= 15 is 0 Å². The second kappa shape index (κ2) is 11.4. The van der Waals surface area contributed by atoms with Crippen LogP contribution < -0.4 is 0 Å². The Kier molecular flexibility index (Phi) is 10.2. The lowest BCUT2D eigenvalue weighted by atomic mass is 10.1. The lowest BCUT2D eigenvalue weighted by Gasteiger charge is -2.20. The normalized spacial score (nSPS) is 27.1. The van der Waals surface area contributed by atoms with E-state index in [-0.39, 0.29) is 12.7 Å². The van der Waals surface area contributed by atoms with Crippen LogP contribution in [0.25, 0.3) is 0 Å². The maximum absolute atomic E-state index is 9.95. The Morgan fingerprint density at radius 1 is 1.10 bits per heavy atom. The number of hydrogen-bond donors (Lipinski definition) is 3. The highest BCUT2D eigenvalue weighted by molar-refractivity contribution is 4.88. The molecule has 3 N–H and O–H groups in total. The molecule has 0 aromatic carbocycles. The van der Waals surface area contributed by atoms with Crippen molar-refractivity contribution in [2.75, 3.05) is 19.8 Å². The second-order valence-electron chi connectivity index (χ2n) is 5.92. The van der Waals surface area contributed by atoms with Gasteiger partial charge in [-0.3, -0.25) is 0 Å². The maximum atomic E-state index is 9.95. The van der Waals surface area contributed by atoms with Crippen LogP contribution in [0.4, 0.5) is 0 Å². The van der Waals surface area contributed by atoms with Crippen molar-refractivity contribution in [3.05, 3.63) is 0 Å². The summed E-state index contributed by atoms with van der Waals surface area (Å²) in [7, 11) is 0. The number of rotatable bonds is 12. The van der Waals surface area contributed by atoms with Gasteiger partial charge in [0.05, 0.1) is 13.2 Å². The molecule has 1 aliphatic heterocycles. The van der Waals surface area contributed by atoms with Gasteiger partial charge in [0.15, 0.2) is 0 Å². The van der Waals surface area contributed by atoms with Gasteiger partial charge in [-0.25, -0.2) is 0 Å². The van der Waals surface area contributed by atoms with E-state index in [1.165, 1.54) is 38.5 Å². The van der Waals surface area contributed by atoms with Gasteiger partial charge in [0, 0.05) is 6.61 Å². The molecule has 0 radical (unpaired) electrons. The van der Waals surface area contributed by atoms with Crippen LogP contribution >= 0.6 is 0 Å². The third-order valence-corrected chi connectivity index (χ3v) is 4.07. The van der Waals surface area contributed by atoms with Gasteiger partial charge in [-0.05, 0) is 6.42 Å². The largest absolute Gasteiger partial charge is 0.394 e. The van der Waals surface area contributed by atoms with E-state index in [4.69, 9.17) is 14.6 Å². The molecule has 0 amide bonds. The van der Waals surface area contributed by atoms with Crippen molar-refractivity contribution >= 4 is 0 Å². The SMILES string of the molecule is CCCCCCCCCCO[C@@H]1CO[C@@H]([C@@H](O)CO)[C@H]1O. The molecule has 0 saturated carbocycles. The standard InChI is InChI=1S/C16H32O5/c1-2-3-4-5-6-7-8-9-10-20-14-12-21-16(15(14)19)13(18)11-17/h13-19H,2-12H2,1H3/t13-,14+,15-,16-/m0/s1. The monoisotopic (exact) mass is 304 g/mol. The van der Waals surface area contributed by atoms with E-state index in [1.807, 2.05) is 0 Å². The molecule has 5 heteroatoms. The number of aliphatic hydroxyl groups excluding tert-OH is 3. The van der Waals surface area contributed by atoms with Crippen molar-refractivity contribution in [3.63, 3.8) is 0 Å². The van der Waals surface area contributed by atoms with Gasteiger partial charge in [0.25, 0.3) is 0 Å². The molecule has 5 nitrogen and oxygen atoms in total. The van der Waals surface area contributed by atoms with E-state index in [1.54, 1.807) is 0 Å². The topological polar surface area (TPSA) is 79.2 Å². The molecule has 4 atom stereocenters. The summed E-state index contributed by atoms with van der Waals surface area (Å²) in [4.78, 5) is 0. The first-order valence-electron chi connectivity index (χ1n) is 8.40. The minimum atomic E-state index is -1.04. The molecule has 1 saturated heterocycles. The molecule has 0 aromatic heterocycles. The van der Waals surface area contributed by atoms with Crippen molar-refractivity contribution in [1.82, 2.24) is 0 Å². The quantitative estimate of drug-likeness (QED) is 0.478. The van der Waals surface area contributed by atoms with E-state index in [0.717, 1.165) is 12.8 Å². The highest BCUT2D eigenvalue weighted by atomic mass is 16.6. The molecule has 126 valence electrons.